The van der Waals surface area contributed by atoms with Crippen LogP contribution in [0.2, 0.25) is 0 Å². The lowest BCUT2D eigenvalue weighted by atomic mass is 10.0. The predicted octanol–water partition coefficient (Wildman–Crippen LogP) is 10.3. The molecule has 0 heterocycles. The van der Waals surface area contributed by atoms with E-state index in [1.165, 1.54) is 70.6 Å². The topological polar surface area (TPSA) is 155 Å². The number of phosphoric ester groups is 1. The van der Waals surface area contributed by atoms with Crippen LogP contribution < -0.4 is 5.73 Å². The SMILES string of the molecule is CC/C=C\C/C=C\C/C=C\C/C=C\CCCCC(=O)O[C@H](COCCCCCCCCCCCCCCCC)COP(=O)(O)OC[C@H](N)C(=O)O. The fraction of sp³-hybridized carbons (Fsp3) is 0.750. The van der Waals surface area contributed by atoms with E-state index in [1.54, 1.807) is 0 Å². The molecule has 296 valence electrons. The van der Waals surface area contributed by atoms with Gasteiger partial charge in [0.1, 0.15) is 12.1 Å². The van der Waals surface area contributed by atoms with Crippen LogP contribution in [0, 0.1) is 0 Å². The van der Waals surface area contributed by atoms with Gasteiger partial charge in [-0.15, -0.1) is 0 Å². The maximum atomic E-state index is 12.6. The number of ether oxygens (including phenoxy) is 2. The van der Waals surface area contributed by atoms with E-state index in [-0.39, 0.29) is 13.0 Å². The molecule has 0 bridgehead atoms. The van der Waals surface area contributed by atoms with Crippen molar-refractivity contribution in [2.24, 2.45) is 5.73 Å². The maximum Gasteiger partial charge on any atom is 0.472 e. The Kier molecular flexibility index (Phi) is 34.8. The van der Waals surface area contributed by atoms with E-state index in [0.717, 1.165) is 57.8 Å². The molecular formula is C40H72NO9P. The summed E-state index contributed by atoms with van der Waals surface area (Å²) in [4.78, 5) is 33.4. The quantitative estimate of drug-likeness (QED) is 0.0242. The second-order valence-electron chi connectivity index (χ2n) is 13.0. The lowest BCUT2D eigenvalue weighted by Crippen LogP contribution is -2.34. The molecule has 0 saturated carbocycles. The van der Waals surface area contributed by atoms with Crippen LogP contribution in [0.5, 0.6) is 0 Å². The normalized spacial score (nSPS) is 14.6. The first-order valence-corrected chi connectivity index (χ1v) is 21.2. The highest BCUT2D eigenvalue weighted by atomic mass is 31.2. The van der Waals surface area contributed by atoms with Crippen molar-refractivity contribution < 1.29 is 42.7 Å². The Labute approximate surface area is 309 Å². The number of hydrogen-bond acceptors (Lipinski definition) is 8. The van der Waals surface area contributed by atoms with Gasteiger partial charge in [-0.05, 0) is 51.4 Å². The van der Waals surface area contributed by atoms with Crippen molar-refractivity contribution in [3.05, 3.63) is 48.6 Å². The molecule has 3 atom stereocenters. The highest BCUT2D eigenvalue weighted by Crippen LogP contribution is 2.43. The highest BCUT2D eigenvalue weighted by Gasteiger charge is 2.27. The number of carbonyl (C=O) groups is 2. The van der Waals surface area contributed by atoms with Crippen molar-refractivity contribution in [3.63, 3.8) is 0 Å². The standard InChI is InChI=1S/C40H72NO9P/c1-3-5-7-9-11-13-15-17-19-20-22-24-26-28-30-32-39(42)50-37(35-48-51(45,46)49-36-38(41)40(43)44)34-47-33-31-29-27-25-23-21-18-16-14-12-10-8-6-4-2/h5,7,11,13,17,19,22,24,37-38H,3-4,6,8-10,12,14-16,18,20-21,23,25-36,41H2,1-2H3,(H,43,44)(H,45,46)/b7-5-,13-11-,19-17-,24-22-/t37-,38+/m1/s1. The smallest absolute Gasteiger partial charge is 0.472 e. The molecule has 4 N–H and O–H groups in total. The zero-order valence-electron chi connectivity index (χ0n) is 31.9. The van der Waals surface area contributed by atoms with Crippen LogP contribution in [-0.4, -0.2) is 60.5 Å². The fourth-order valence-electron chi connectivity index (χ4n) is 5.06. The summed E-state index contributed by atoms with van der Waals surface area (Å²) < 4.78 is 33.2. The number of phosphoric acid groups is 1. The number of hydrogen-bond donors (Lipinski definition) is 3. The summed E-state index contributed by atoms with van der Waals surface area (Å²) in [7, 11) is -4.62. The van der Waals surface area contributed by atoms with E-state index in [1.807, 2.05) is 0 Å². The first-order chi connectivity index (χ1) is 24.7. The molecule has 10 nitrogen and oxygen atoms in total. The zero-order chi connectivity index (χ0) is 37.7. The minimum absolute atomic E-state index is 0.000770. The number of allylic oxidation sites excluding steroid dienone is 8. The molecule has 11 heteroatoms. The predicted molar refractivity (Wildman–Crippen MR) is 208 cm³/mol. The third-order valence-electron chi connectivity index (χ3n) is 8.12. The Morgan fingerprint density at radius 2 is 1.14 bits per heavy atom. The van der Waals surface area contributed by atoms with Crippen LogP contribution in [0.15, 0.2) is 48.6 Å². The number of unbranched alkanes of at least 4 members (excludes halogenated alkanes) is 15. The molecule has 1 unspecified atom stereocenters. The average molecular weight is 742 g/mol. The highest BCUT2D eigenvalue weighted by molar-refractivity contribution is 7.47. The van der Waals surface area contributed by atoms with Crippen molar-refractivity contribution in [1.29, 1.82) is 0 Å². The number of carboxylic acid groups (broad SMARTS) is 1. The van der Waals surface area contributed by atoms with Gasteiger partial charge in [0.2, 0.25) is 0 Å². The lowest BCUT2D eigenvalue weighted by molar-refractivity contribution is -0.154. The molecule has 0 amide bonds. The van der Waals surface area contributed by atoms with Crippen molar-refractivity contribution in [3.8, 4) is 0 Å². The summed E-state index contributed by atoms with van der Waals surface area (Å²) >= 11 is 0. The Morgan fingerprint density at radius 1 is 0.647 bits per heavy atom. The van der Waals surface area contributed by atoms with Gasteiger partial charge in [0.25, 0.3) is 0 Å². The molecule has 0 spiro atoms. The fourth-order valence-corrected chi connectivity index (χ4v) is 5.84. The summed E-state index contributed by atoms with van der Waals surface area (Å²) in [5.41, 5.74) is 5.34. The van der Waals surface area contributed by atoms with E-state index < -0.39 is 45.1 Å². The van der Waals surface area contributed by atoms with Gasteiger partial charge < -0.3 is 25.2 Å². The Morgan fingerprint density at radius 3 is 1.67 bits per heavy atom. The molecule has 0 radical (unpaired) electrons. The molecule has 0 fully saturated rings. The van der Waals surface area contributed by atoms with Crippen LogP contribution in [0.25, 0.3) is 0 Å². The minimum atomic E-state index is -4.62. The van der Waals surface area contributed by atoms with Crippen molar-refractivity contribution >= 4 is 19.8 Å². The Hall–Kier alpha value is -2.07. The monoisotopic (exact) mass is 741 g/mol. The van der Waals surface area contributed by atoms with E-state index in [9.17, 15) is 19.0 Å². The molecule has 0 rings (SSSR count). The molecule has 0 aliphatic carbocycles. The second kappa shape index (κ2) is 36.3. The van der Waals surface area contributed by atoms with E-state index in [0.29, 0.717) is 13.0 Å². The third-order valence-corrected chi connectivity index (χ3v) is 9.07. The number of carbonyl (C=O) groups excluding carboxylic acids is 1. The zero-order valence-corrected chi connectivity index (χ0v) is 32.8. The molecular weight excluding hydrogens is 669 g/mol. The molecule has 0 saturated heterocycles. The van der Waals surface area contributed by atoms with Gasteiger partial charge in [0, 0.05) is 13.0 Å². The van der Waals surface area contributed by atoms with Gasteiger partial charge >= 0.3 is 19.8 Å². The summed E-state index contributed by atoms with van der Waals surface area (Å²) in [6, 6.07) is -1.48. The van der Waals surface area contributed by atoms with Gasteiger partial charge in [0.05, 0.1) is 19.8 Å². The number of rotatable bonds is 37. The van der Waals surface area contributed by atoms with Gasteiger partial charge in [-0.25, -0.2) is 4.57 Å². The van der Waals surface area contributed by atoms with Crippen LogP contribution in [0.4, 0.5) is 0 Å². The van der Waals surface area contributed by atoms with Crippen LogP contribution in [-0.2, 0) is 32.7 Å². The minimum Gasteiger partial charge on any atom is -0.480 e. The van der Waals surface area contributed by atoms with Crippen molar-refractivity contribution in [1.82, 2.24) is 0 Å². The number of carboxylic acids is 1. The molecule has 0 aromatic carbocycles. The van der Waals surface area contributed by atoms with Crippen molar-refractivity contribution in [2.45, 2.75) is 167 Å². The summed E-state index contributed by atoms with van der Waals surface area (Å²) in [6.07, 6.45) is 40.2. The second-order valence-corrected chi connectivity index (χ2v) is 14.5. The van der Waals surface area contributed by atoms with Gasteiger partial charge in [-0.3, -0.25) is 18.6 Å². The molecule has 0 aromatic heterocycles. The summed E-state index contributed by atoms with van der Waals surface area (Å²) in [6.45, 7) is 3.70. The number of aliphatic carboxylic acids is 1. The van der Waals surface area contributed by atoms with E-state index >= 15 is 0 Å². The summed E-state index contributed by atoms with van der Waals surface area (Å²) in [5.74, 6) is -1.82. The van der Waals surface area contributed by atoms with E-state index in [4.69, 9.17) is 24.8 Å². The van der Waals surface area contributed by atoms with Gasteiger partial charge in [0.15, 0.2) is 0 Å². The maximum absolute atomic E-state index is 12.6. The first kappa shape index (κ1) is 48.9. The molecule has 0 aromatic rings. The number of nitrogens with two attached hydrogens (primary N) is 1. The average Bonchev–Trinajstić information content (AvgIpc) is 3.10. The summed E-state index contributed by atoms with van der Waals surface area (Å²) in [5, 5.41) is 8.87. The molecule has 0 aliphatic heterocycles. The van der Waals surface area contributed by atoms with Crippen LogP contribution in [0.3, 0.4) is 0 Å². The third kappa shape index (κ3) is 36.1. The lowest BCUT2D eigenvalue weighted by Gasteiger charge is -2.20. The van der Waals surface area contributed by atoms with E-state index in [2.05, 4.69) is 67.0 Å². The molecule has 51 heavy (non-hydrogen) atoms. The number of esters is 1. The first-order valence-electron chi connectivity index (χ1n) is 19.7. The Balaban J connectivity index is 4.37. The van der Waals surface area contributed by atoms with Gasteiger partial charge in [-0.1, -0.05) is 146 Å². The van der Waals surface area contributed by atoms with Crippen molar-refractivity contribution in [2.75, 3.05) is 26.4 Å². The Bertz CT molecular complexity index is 998. The molecule has 0 aliphatic rings. The van der Waals surface area contributed by atoms with Crippen LogP contribution in [0.1, 0.15) is 155 Å². The largest absolute Gasteiger partial charge is 0.480 e. The van der Waals surface area contributed by atoms with Gasteiger partial charge in [-0.2, -0.15) is 0 Å². The van der Waals surface area contributed by atoms with Crippen LogP contribution >= 0.6 is 7.82 Å².